The number of hydrogen-bond acceptors (Lipinski definition) is 3. The average Bonchev–Trinajstić information content (AvgIpc) is 2.73. The molecular formula is C14H14N2O3. The van der Waals surface area contributed by atoms with Crippen molar-refractivity contribution in [2.75, 3.05) is 6.61 Å². The third-order valence-corrected chi connectivity index (χ3v) is 3.47. The van der Waals surface area contributed by atoms with Gasteiger partial charge in [-0.3, -0.25) is 0 Å². The third-order valence-electron chi connectivity index (χ3n) is 3.47. The molecule has 2 amide bonds. The first-order valence-electron chi connectivity index (χ1n) is 6.11. The molecule has 0 bridgehead atoms. The van der Waals surface area contributed by atoms with Crippen LogP contribution in [0.3, 0.4) is 0 Å². The van der Waals surface area contributed by atoms with Gasteiger partial charge in [-0.15, -0.1) is 0 Å². The van der Waals surface area contributed by atoms with Crippen molar-refractivity contribution in [3.63, 3.8) is 0 Å². The SMILES string of the molecule is Cc1ccc(C)c(C2NC(=O)NC3=C2C(=O)OC3)c1. The topological polar surface area (TPSA) is 67.4 Å². The molecule has 0 fully saturated rings. The average molecular weight is 258 g/mol. The Hall–Kier alpha value is -2.30. The number of benzene rings is 1. The third kappa shape index (κ3) is 1.87. The number of urea groups is 1. The molecule has 2 aliphatic rings. The fourth-order valence-electron chi connectivity index (χ4n) is 2.49. The number of esters is 1. The molecule has 0 radical (unpaired) electrons. The zero-order chi connectivity index (χ0) is 13.6. The highest BCUT2D eigenvalue weighted by molar-refractivity contribution is 5.97. The smallest absolute Gasteiger partial charge is 0.338 e. The number of nitrogens with one attached hydrogen (secondary N) is 2. The van der Waals surface area contributed by atoms with E-state index in [9.17, 15) is 9.59 Å². The van der Waals surface area contributed by atoms with Crippen molar-refractivity contribution < 1.29 is 14.3 Å². The lowest BCUT2D eigenvalue weighted by Gasteiger charge is -2.26. The Labute approximate surface area is 110 Å². The molecule has 0 saturated carbocycles. The fraction of sp³-hybridized carbons (Fsp3) is 0.286. The maximum Gasteiger partial charge on any atom is 0.338 e. The summed E-state index contributed by atoms with van der Waals surface area (Å²) in [5, 5.41) is 5.42. The Kier molecular flexibility index (Phi) is 2.55. The van der Waals surface area contributed by atoms with Crippen LogP contribution in [0, 0.1) is 13.8 Å². The number of carbonyl (C=O) groups is 2. The van der Waals surface area contributed by atoms with Gasteiger partial charge in [-0.1, -0.05) is 23.8 Å². The minimum atomic E-state index is -0.432. The molecule has 98 valence electrons. The molecule has 2 aliphatic heterocycles. The summed E-state index contributed by atoms with van der Waals surface area (Å²) in [6.45, 7) is 4.08. The zero-order valence-electron chi connectivity index (χ0n) is 10.7. The molecule has 5 heteroatoms. The van der Waals surface area contributed by atoms with Crippen molar-refractivity contribution in [3.8, 4) is 0 Å². The highest BCUT2D eigenvalue weighted by Crippen LogP contribution is 2.32. The lowest BCUT2D eigenvalue weighted by molar-refractivity contribution is -0.136. The highest BCUT2D eigenvalue weighted by Gasteiger charge is 2.38. The first kappa shape index (κ1) is 11.8. The molecule has 0 aliphatic carbocycles. The molecule has 0 saturated heterocycles. The van der Waals surface area contributed by atoms with E-state index in [1.54, 1.807) is 0 Å². The lowest BCUT2D eigenvalue weighted by atomic mass is 9.92. The second kappa shape index (κ2) is 4.12. The van der Waals surface area contributed by atoms with E-state index in [0.717, 1.165) is 16.7 Å². The maximum atomic E-state index is 11.8. The molecule has 19 heavy (non-hydrogen) atoms. The van der Waals surface area contributed by atoms with Gasteiger partial charge in [0.2, 0.25) is 0 Å². The fourth-order valence-corrected chi connectivity index (χ4v) is 2.49. The Morgan fingerprint density at radius 2 is 2.05 bits per heavy atom. The summed E-state index contributed by atoms with van der Waals surface area (Å²) < 4.78 is 5.00. The molecule has 3 rings (SSSR count). The summed E-state index contributed by atoms with van der Waals surface area (Å²) >= 11 is 0. The number of hydrogen-bond donors (Lipinski definition) is 2. The lowest BCUT2D eigenvalue weighted by Crippen LogP contribution is -2.44. The molecule has 1 aromatic carbocycles. The van der Waals surface area contributed by atoms with E-state index in [-0.39, 0.29) is 18.6 Å². The van der Waals surface area contributed by atoms with E-state index >= 15 is 0 Å². The van der Waals surface area contributed by atoms with Crippen LogP contribution in [-0.4, -0.2) is 18.6 Å². The number of cyclic esters (lactones) is 1. The summed E-state index contributed by atoms with van der Waals surface area (Å²) in [5.41, 5.74) is 4.13. The van der Waals surface area contributed by atoms with Crippen molar-refractivity contribution in [2.45, 2.75) is 19.9 Å². The Morgan fingerprint density at radius 3 is 2.84 bits per heavy atom. The van der Waals surface area contributed by atoms with Crippen molar-refractivity contribution in [3.05, 3.63) is 46.2 Å². The number of aryl methyl sites for hydroxylation is 2. The summed E-state index contributed by atoms with van der Waals surface area (Å²) in [6, 6.07) is 5.24. The van der Waals surface area contributed by atoms with Gasteiger partial charge in [0, 0.05) is 0 Å². The van der Waals surface area contributed by atoms with Gasteiger partial charge in [0.25, 0.3) is 0 Å². The van der Waals surface area contributed by atoms with E-state index in [1.807, 2.05) is 32.0 Å². The molecular weight excluding hydrogens is 244 g/mol. The quantitative estimate of drug-likeness (QED) is 0.749. The van der Waals surface area contributed by atoms with E-state index in [4.69, 9.17) is 4.74 Å². The van der Waals surface area contributed by atoms with Crippen LogP contribution in [0.5, 0.6) is 0 Å². The molecule has 0 spiro atoms. The standard InChI is InChI=1S/C14H14N2O3/c1-7-3-4-8(2)9(5-7)12-11-10(6-19-13(11)17)15-14(18)16-12/h3-5,12H,6H2,1-2H3,(H2,15,16,18). The predicted molar refractivity (Wildman–Crippen MR) is 68.3 cm³/mol. The van der Waals surface area contributed by atoms with Crippen molar-refractivity contribution in [1.82, 2.24) is 10.6 Å². The first-order valence-corrected chi connectivity index (χ1v) is 6.11. The van der Waals surface area contributed by atoms with Crippen LogP contribution in [0.25, 0.3) is 0 Å². The van der Waals surface area contributed by atoms with Gasteiger partial charge in [0.05, 0.1) is 17.3 Å². The minimum absolute atomic E-state index is 0.142. The van der Waals surface area contributed by atoms with Gasteiger partial charge in [0.1, 0.15) is 6.61 Å². The number of carbonyl (C=O) groups excluding carboxylic acids is 2. The molecule has 1 aromatic rings. The summed E-state index contributed by atoms with van der Waals surface area (Å²) in [7, 11) is 0. The zero-order valence-corrected chi connectivity index (χ0v) is 10.7. The number of ether oxygens (including phenoxy) is 1. The number of rotatable bonds is 1. The van der Waals surface area contributed by atoms with Crippen LogP contribution < -0.4 is 10.6 Å². The van der Waals surface area contributed by atoms with Crippen LogP contribution >= 0.6 is 0 Å². The second-order valence-corrected chi connectivity index (χ2v) is 4.86. The van der Waals surface area contributed by atoms with Crippen molar-refractivity contribution in [2.24, 2.45) is 0 Å². The Bertz CT molecular complexity index is 619. The highest BCUT2D eigenvalue weighted by atomic mass is 16.5. The van der Waals surface area contributed by atoms with E-state index < -0.39 is 6.04 Å². The number of amides is 2. The van der Waals surface area contributed by atoms with Crippen LogP contribution in [-0.2, 0) is 9.53 Å². The van der Waals surface area contributed by atoms with Gasteiger partial charge < -0.3 is 15.4 Å². The second-order valence-electron chi connectivity index (χ2n) is 4.86. The predicted octanol–water partition coefficient (Wildman–Crippen LogP) is 1.47. The van der Waals surface area contributed by atoms with Crippen LogP contribution in [0.1, 0.15) is 22.7 Å². The maximum absolute atomic E-state index is 11.8. The van der Waals surface area contributed by atoms with Gasteiger partial charge in [-0.05, 0) is 25.0 Å². The molecule has 1 unspecified atom stereocenters. The normalized spacial score (nSPS) is 21.7. The van der Waals surface area contributed by atoms with Crippen LogP contribution in [0.4, 0.5) is 4.79 Å². The molecule has 2 N–H and O–H groups in total. The van der Waals surface area contributed by atoms with Crippen LogP contribution in [0.15, 0.2) is 29.5 Å². The van der Waals surface area contributed by atoms with Gasteiger partial charge in [-0.25, -0.2) is 9.59 Å². The van der Waals surface area contributed by atoms with Gasteiger partial charge in [-0.2, -0.15) is 0 Å². The summed E-state index contributed by atoms with van der Waals surface area (Å²) in [5.74, 6) is -0.367. The summed E-state index contributed by atoms with van der Waals surface area (Å²) in [4.78, 5) is 23.5. The molecule has 0 aromatic heterocycles. The minimum Gasteiger partial charge on any atom is -0.456 e. The van der Waals surface area contributed by atoms with Crippen LogP contribution in [0.2, 0.25) is 0 Å². The summed E-state index contributed by atoms with van der Waals surface area (Å²) in [6.07, 6.45) is 0. The molecule has 5 nitrogen and oxygen atoms in total. The van der Waals surface area contributed by atoms with Crippen molar-refractivity contribution in [1.29, 1.82) is 0 Å². The Balaban J connectivity index is 2.12. The largest absolute Gasteiger partial charge is 0.456 e. The molecule has 2 heterocycles. The molecule has 1 atom stereocenters. The van der Waals surface area contributed by atoms with Crippen molar-refractivity contribution >= 4 is 12.0 Å². The van der Waals surface area contributed by atoms with E-state index in [0.29, 0.717) is 11.3 Å². The van der Waals surface area contributed by atoms with E-state index in [1.165, 1.54) is 0 Å². The first-order chi connectivity index (χ1) is 9.06. The van der Waals surface area contributed by atoms with Gasteiger partial charge >= 0.3 is 12.0 Å². The monoisotopic (exact) mass is 258 g/mol. The van der Waals surface area contributed by atoms with Gasteiger partial charge in [0.15, 0.2) is 0 Å². The van der Waals surface area contributed by atoms with E-state index in [2.05, 4.69) is 10.6 Å². The Morgan fingerprint density at radius 1 is 1.26 bits per heavy atom.